The zero-order valence-electron chi connectivity index (χ0n) is 15.6. The number of aryl methyl sites for hydroxylation is 1. The summed E-state index contributed by atoms with van der Waals surface area (Å²) in [6.45, 7) is 3.31. The van der Waals surface area contributed by atoms with Gasteiger partial charge in [0, 0.05) is 32.9 Å². The van der Waals surface area contributed by atoms with Crippen LogP contribution in [-0.2, 0) is 10.0 Å². The smallest absolute Gasteiger partial charge is 0.259 e. The Balaban J connectivity index is 2.03. The largest absolute Gasteiger partial charge is 0.371 e. The van der Waals surface area contributed by atoms with Crippen molar-refractivity contribution in [3.63, 3.8) is 0 Å². The Morgan fingerprint density at radius 3 is 2.48 bits per heavy atom. The fraction of sp³-hybridized carbons (Fsp3) is 0.471. The average molecular weight is 393 g/mol. The standard InChI is InChI=1S/C17H23N5O4S/c1-12-16(20-26-19-12)18-17(23)14-11-13(27(24,25)21(2)3)7-8-15(14)22-9-5-4-6-10-22/h7-8,11H,4-6,9-10H2,1-3H3,(H,18,20,23). The molecule has 0 spiro atoms. The van der Waals surface area contributed by atoms with Gasteiger partial charge in [-0.05, 0) is 49.5 Å². The Kier molecular flexibility index (Phi) is 5.47. The molecule has 27 heavy (non-hydrogen) atoms. The third-order valence-corrected chi connectivity index (χ3v) is 6.38. The van der Waals surface area contributed by atoms with Crippen LogP contribution in [0.2, 0.25) is 0 Å². The van der Waals surface area contributed by atoms with E-state index < -0.39 is 15.9 Å². The van der Waals surface area contributed by atoms with Gasteiger partial charge in [-0.15, -0.1) is 0 Å². The summed E-state index contributed by atoms with van der Waals surface area (Å²) in [5, 5.41) is 9.96. The Labute approximate surface area is 158 Å². The lowest BCUT2D eigenvalue weighted by atomic mass is 10.1. The van der Waals surface area contributed by atoms with Crippen LogP contribution in [0, 0.1) is 6.92 Å². The van der Waals surface area contributed by atoms with Crippen LogP contribution in [0.25, 0.3) is 0 Å². The molecule has 1 amide bonds. The third-order valence-electron chi connectivity index (χ3n) is 4.57. The highest BCUT2D eigenvalue weighted by Crippen LogP contribution is 2.28. The van der Waals surface area contributed by atoms with E-state index in [1.807, 2.05) is 0 Å². The second kappa shape index (κ2) is 7.65. The van der Waals surface area contributed by atoms with Gasteiger partial charge in [-0.3, -0.25) is 4.79 Å². The molecule has 2 heterocycles. The number of carbonyl (C=O) groups is 1. The summed E-state index contributed by atoms with van der Waals surface area (Å²) in [6.07, 6.45) is 3.21. The first-order valence-corrected chi connectivity index (χ1v) is 10.2. The molecule has 9 nitrogen and oxygen atoms in total. The van der Waals surface area contributed by atoms with E-state index in [1.165, 1.54) is 20.2 Å². The van der Waals surface area contributed by atoms with Crippen LogP contribution in [0.5, 0.6) is 0 Å². The Morgan fingerprint density at radius 2 is 1.89 bits per heavy atom. The summed E-state index contributed by atoms with van der Waals surface area (Å²) < 4.78 is 30.7. The van der Waals surface area contributed by atoms with Gasteiger partial charge in [0.25, 0.3) is 5.91 Å². The van der Waals surface area contributed by atoms with Crippen LogP contribution >= 0.6 is 0 Å². The molecule has 0 radical (unpaired) electrons. The average Bonchev–Trinajstić information content (AvgIpc) is 3.06. The maximum absolute atomic E-state index is 12.9. The zero-order chi connectivity index (χ0) is 19.6. The van der Waals surface area contributed by atoms with E-state index in [0.717, 1.165) is 36.7 Å². The van der Waals surface area contributed by atoms with Crippen molar-refractivity contribution in [2.24, 2.45) is 0 Å². The molecule has 1 aliphatic rings. The first-order valence-electron chi connectivity index (χ1n) is 8.73. The van der Waals surface area contributed by atoms with Crippen LogP contribution in [0.1, 0.15) is 35.3 Å². The maximum Gasteiger partial charge on any atom is 0.259 e. The monoisotopic (exact) mass is 393 g/mol. The molecule has 2 aromatic rings. The van der Waals surface area contributed by atoms with Gasteiger partial charge in [0.05, 0.1) is 10.5 Å². The van der Waals surface area contributed by atoms with E-state index >= 15 is 0 Å². The van der Waals surface area contributed by atoms with Crippen molar-refractivity contribution in [1.82, 2.24) is 14.6 Å². The number of aromatic nitrogens is 2. The number of nitrogens with zero attached hydrogens (tertiary/aromatic N) is 4. The Morgan fingerprint density at radius 1 is 1.19 bits per heavy atom. The summed E-state index contributed by atoms with van der Waals surface area (Å²) in [6, 6.07) is 4.65. The summed E-state index contributed by atoms with van der Waals surface area (Å²) in [4.78, 5) is 15.1. The molecule has 146 valence electrons. The van der Waals surface area contributed by atoms with Crippen LogP contribution in [-0.4, -0.2) is 56.1 Å². The van der Waals surface area contributed by atoms with Gasteiger partial charge in [-0.1, -0.05) is 5.16 Å². The highest BCUT2D eigenvalue weighted by atomic mass is 32.2. The number of benzene rings is 1. The van der Waals surface area contributed by atoms with Crippen LogP contribution < -0.4 is 10.2 Å². The highest BCUT2D eigenvalue weighted by molar-refractivity contribution is 7.89. The first-order chi connectivity index (χ1) is 12.8. The lowest BCUT2D eigenvalue weighted by Crippen LogP contribution is -2.32. The Bertz CT molecular complexity index is 933. The fourth-order valence-corrected chi connectivity index (χ4v) is 3.93. The van der Waals surface area contributed by atoms with Gasteiger partial charge in [0.15, 0.2) is 0 Å². The van der Waals surface area contributed by atoms with Gasteiger partial charge in [-0.25, -0.2) is 17.4 Å². The number of amides is 1. The molecule has 0 saturated carbocycles. The minimum Gasteiger partial charge on any atom is -0.371 e. The predicted octanol–water partition coefficient (Wildman–Crippen LogP) is 1.87. The molecule has 1 N–H and O–H groups in total. The summed E-state index contributed by atoms with van der Waals surface area (Å²) in [7, 11) is -0.749. The highest BCUT2D eigenvalue weighted by Gasteiger charge is 2.25. The quantitative estimate of drug-likeness (QED) is 0.826. The molecule has 1 saturated heterocycles. The molecule has 3 rings (SSSR count). The van der Waals surface area contributed by atoms with Crippen molar-refractivity contribution in [3.05, 3.63) is 29.5 Å². The molecule has 0 aliphatic carbocycles. The van der Waals surface area contributed by atoms with Gasteiger partial charge in [0.1, 0.15) is 5.69 Å². The third kappa shape index (κ3) is 3.96. The maximum atomic E-state index is 12.9. The van der Waals surface area contributed by atoms with Crippen molar-refractivity contribution >= 4 is 27.4 Å². The number of rotatable bonds is 5. The van der Waals surface area contributed by atoms with Crippen LogP contribution in [0.15, 0.2) is 27.7 Å². The molecule has 1 aromatic carbocycles. The van der Waals surface area contributed by atoms with Crippen molar-refractivity contribution in [3.8, 4) is 0 Å². The van der Waals surface area contributed by atoms with Gasteiger partial charge >= 0.3 is 0 Å². The minimum absolute atomic E-state index is 0.0633. The van der Waals surface area contributed by atoms with Crippen LogP contribution in [0.4, 0.5) is 11.5 Å². The molecule has 10 heteroatoms. The molecule has 0 unspecified atom stereocenters. The van der Waals surface area contributed by atoms with Gasteiger partial charge < -0.3 is 10.2 Å². The first kappa shape index (κ1) is 19.3. The second-order valence-corrected chi connectivity index (χ2v) is 8.82. The Hall–Kier alpha value is -2.46. The number of piperidine rings is 1. The van der Waals surface area contributed by atoms with E-state index in [2.05, 4.69) is 25.2 Å². The number of carbonyl (C=O) groups excluding carboxylic acids is 1. The number of nitrogens with one attached hydrogen (secondary N) is 1. The van der Waals surface area contributed by atoms with E-state index in [4.69, 9.17) is 0 Å². The number of hydrogen-bond donors (Lipinski definition) is 1. The number of hydrogen-bond acceptors (Lipinski definition) is 7. The van der Waals surface area contributed by atoms with Gasteiger partial charge in [0.2, 0.25) is 15.8 Å². The minimum atomic E-state index is -3.66. The molecular weight excluding hydrogens is 370 g/mol. The lowest BCUT2D eigenvalue weighted by Gasteiger charge is -2.30. The molecule has 1 aromatic heterocycles. The van der Waals surface area contributed by atoms with Gasteiger partial charge in [-0.2, -0.15) is 0 Å². The van der Waals surface area contributed by atoms with Crippen molar-refractivity contribution < 1.29 is 17.8 Å². The van der Waals surface area contributed by atoms with E-state index in [9.17, 15) is 13.2 Å². The van der Waals surface area contributed by atoms with E-state index in [1.54, 1.807) is 19.1 Å². The van der Waals surface area contributed by atoms with Crippen molar-refractivity contribution in [2.45, 2.75) is 31.1 Å². The SMILES string of the molecule is Cc1nonc1NC(=O)c1cc(S(=O)(=O)N(C)C)ccc1N1CCCCC1. The zero-order valence-corrected chi connectivity index (χ0v) is 16.4. The number of sulfonamides is 1. The molecule has 1 fully saturated rings. The van der Waals surface area contributed by atoms with E-state index in [0.29, 0.717) is 11.4 Å². The van der Waals surface area contributed by atoms with Crippen molar-refractivity contribution in [1.29, 1.82) is 0 Å². The number of anilines is 2. The fourth-order valence-electron chi connectivity index (χ4n) is 3.00. The lowest BCUT2D eigenvalue weighted by molar-refractivity contribution is 0.102. The summed E-state index contributed by atoms with van der Waals surface area (Å²) in [5.74, 6) is -0.240. The molecule has 0 bridgehead atoms. The topological polar surface area (TPSA) is 109 Å². The molecule has 0 atom stereocenters. The second-order valence-electron chi connectivity index (χ2n) is 6.67. The molecule has 1 aliphatic heterocycles. The molecular formula is C17H23N5O4S. The summed E-state index contributed by atoms with van der Waals surface area (Å²) >= 11 is 0. The predicted molar refractivity (Wildman–Crippen MR) is 100 cm³/mol. The summed E-state index contributed by atoms with van der Waals surface area (Å²) in [5.41, 5.74) is 1.43. The van der Waals surface area contributed by atoms with E-state index in [-0.39, 0.29) is 16.3 Å². The normalized spacial score (nSPS) is 15.2. The van der Waals surface area contributed by atoms with Crippen LogP contribution in [0.3, 0.4) is 0 Å². The van der Waals surface area contributed by atoms with Crippen molar-refractivity contribution in [2.75, 3.05) is 37.4 Å².